The van der Waals surface area contributed by atoms with E-state index in [1.54, 1.807) is 19.1 Å². The average Bonchev–Trinajstić information content (AvgIpc) is 3.05. The molecule has 1 aromatic heterocycles. The highest BCUT2D eigenvalue weighted by molar-refractivity contribution is 6.32. The molecule has 0 saturated carbocycles. The molecular weight excluding hydrogens is 370 g/mol. The first kappa shape index (κ1) is 19.5. The van der Waals surface area contributed by atoms with E-state index in [-0.39, 0.29) is 42.4 Å². The highest BCUT2D eigenvalue weighted by atomic mass is 35.5. The second-order valence-corrected chi connectivity index (χ2v) is 7.18. The van der Waals surface area contributed by atoms with Crippen molar-refractivity contribution < 1.29 is 14.3 Å². The van der Waals surface area contributed by atoms with Gasteiger partial charge in [0.05, 0.1) is 29.8 Å². The summed E-state index contributed by atoms with van der Waals surface area (Å²) in [6.45, 7) is 4.18. The maximum atomic E-state index is 12.6. The fourth-order valence-electron chi connectivity index (χ4n) is 3.24. The van der Waals surface area contributed by atoms with Gasteiger partial charge < -0.3 is 10.1 Å². The van der Waals surface area contributed by atoms with E-state index in [1.165, 1.54) is 10.9 Å². The minimum Gasteiger partial charge on any atom is -0.461 e. The van der Waals surface area contributed by atoms with Gasteiger partial charge in [0.15, 0.2) is 5.78 Å². The molecule has 1 saturated heterocycles. The lowest BCUT2D eigenvalue weighted by atomic mass is 10.1. The number of hydrogen-bond acceptors (Lipinski definition) is 6. The number of rotatable bonds is 6. The smallest absolute Gasteiger partial charge is 0.305 e. The van der Waals surface area contributed by atoms with Crippen LogP contribution in [0.3, 0.4) is 0 Å². The number of nitrogens with zero attached hydrogens (tertiary/aromatic N) is 2. The molecule has 1 fully saturated rings. The van der Waals surface area contributed by atoms with Crippen LogP contribution in [-0.2, 0) is 20.9 Å². The summed E-state index contributed by atoms with van der Waals surface area (Å²) in [5.41, 5.74) is 1.09. The highest BCUT2D eigenvalue weighted by Crippen LogP contribution is 2.20. The number of benzene rings is 1. The van der Waals surface area contributed by atoms with Crippen LogP contribution in [0.1, 0.15) is 31.7 Å². The normalized spacial score (nSPS) is 19.4. The number of hydrogen-bond donors (Lipinski definition) is 1. The SMILES string of the molecule is CCC(=O)OC1CCNC1CC(=O)Cn1cnc2cc(C)c(Cl)cc2c1=O. The van der Waals surface area contributed by atoms with Crippen molar-refractivity contribution in [3.05, 3.63) is 39.4 Å². The van der Waals surface area contributed by atoms with Crippen LogP contribution >= 0.6 is 11.6 Å². The van der Waals surface area contributed by atoms with Crippen LogP contribution in [0.4, 0.5) is 0 Å². The van der Waals surface area contributed by atoms with Gasteiger partial charge in [-0.15, -0.1) is 0 Å². The Morgan fingerprint density at radius 3 is 2.93 bits per heavy atom. The van der Waals surface area contributed by atoms with E-state index in [0.29, 0.717) is 35.3 Å². The van der Waals surface area contributed by atoms with Crippen LogP contribution in [0, 0.1) is 6.92 Å². The van der Waals surface area contributed by atoms with Gasteiger partial charge in [-0.1, -0.05) is 18.5 Å². The molecule has 2 unspecified atom stereocenters. The second kappa shape index (κ2) is 8.19. The number of halogens is 1. The zero-order valence-electron chi connectivity index (χ0n) is 15.3. The molecule has 0 radical (unpaired) electrons. The Bertz CT molecular complexity index is 940. The first-order chi connectivity index (χ1) is 12.9. The Morgan fingerprint density at radius 1 is 1.41 bits per heavy atom. The van der Waals surface area contributed by atoms with Crippen molar-refractivity contribution in [2.24, 2.45) is 0 Å². The van der Waals surface area contributed by atoms with Gasteiger partial charge in [0.2, 0.25) is 0 Å². The van der Waals surface area contributed by atoms with Gasteiger partial charge in [0, 0.05) is 17.9 Å². The van der Waals surface area contributed by atoms with Crippen LogP contribution < -0.4 is 10.9 Å². The fraction of sp³-hybridized carbons (Fsp3) is 0.474. The van der Waals surface area contributed by atoms with E-state index in [0.717, 1.165) is 5.56 Å². The fourth-order valence-corrected chi connectivity index (χ4v) is 3.40. The maximum Gasteiger partial charge on any atom is 0.305 e. The standard InChI is InChI=1S/C19H22ClN3O4/c1-3-18(25)27-17-4-5-21-16(17)7-12(24)9-23-10-22-15-6-11(2)14(20)8-13(15)19(23)26/h6,8,10,16-17,21H,3-5,7,9H2,1-2H3. The summed E-state index contributed by atoms with van der Waals surface area (Å²) in [4.78, 5) is 40.9. The van der Waals surface area contributed by atoms with Crippen LogP contribution in [0.25, 0.3) is 10.9 Å². The van der Waals surface area contributed by atoms with Gasteiger partial charge in [-0.3, -0.25) is 19.0 Å². The largest absolute Gasteiger partial charge is 0.461 e. The summed E-state index contributed by atoms with van der Waals surface area (Å²) in [6, 6.07) is 3.11. The molecule has 27 heavy (non-hydrogen) atoms. The summed E-state index contributed by atoms with van der Waals surface area (Å²) < 4.78 is 6.67. The van der Waals surface area contributed by atoms with Gasteiger partial charge in [0.1, 0.15) is 6.10 Å². The van der Waals surface area contributed by atoms with Crippen LogP contribution in [0.15, 0.2) is 23.3 Å². The number of esters is 1. The predicted molar refractivity (Wildman–Crippen MR) is 102 cm³/mol. The molecule has 144 valence electrons. The summed E-state index contributed by atoms with van der Waals surface area (Å²) in [5, 5.41) is 4.06. The molecular formula is C19H22ClN3O4. The summed E-state index contributed by atoms with van der Waals surface area (Å²) in [6.07, 6.45) is 2.23. The molecule has 1 aliphatic rings. The molecule has 1 aromatic carbocycles. The van der Waals surface area contributed by atoms with Crippen LogP contribution in [0.5, 0.6) is 0 Å². The minimum atomic E-state index is -0.311. The monoisotopic (exact) mass is 391 g/mol. The van der Waals surface area contributed by atoms with Crippen molar-refractivity contribution in [2.75, 3.05) is 6.54 Å². The Hall–Kier alpha value is -2.25. The number of aryl methyl sites for hydroxylation is 1. The number of fused-ring (bicyclic) bond motifs is 1. The van der Waals surface area contributed by atoms with Crippen molar-refractivity contribution >= 4 is 34.3 Å². The summed E-state index contributed by atoms with van der Waals surface area (Å²) in [7, 11) is 0. The molecule has 0 bridgehead atoms. The Labute approximate surface area is 161 Å². The Morgan fingerprint density at radius 2 is 2.19 bits per heavy atom. The topological polar surface area (TPSA) is 90.3 Å². The molecule has 1 aliphatic heterocycles. The molecule has 2 heterocycles. The maximum absolute atomic E-state index is 12.6. The number of ether oxygens (including phenoxy) is 1. The third kappa shape index (κ3) is 4.36. The molecule has 7 nitrogen and oxygen atoms in total. The number of nitrogens with one attached hydrogen (secondary N) is 1. The summed E-state index contributed by atoms with van der Waals surface area (Å²) in [5.74, 6) is -0.406. The zero-order valence-corrected chi connectivity index (χ0v) is 16.1. The zero-order chi connectivity index (χ0) is 19.6. The average molecular weight is 392 g/mol. The number of aromatic nitrogens is 2. The quantitative estimate of drug-likeness (QED) is 0.757. The van der Waals surface area contributed by atoms with Gasteiger partial charge >= 0.3 is 5.97 Å². The number of Topliss-reactive ketones (excluding diaryl/α,β-unsaturated/α-hetero) is 1. The molecule has 1 N–H and O–H groups in total. The lowest BCUT2D eigenvalue weighted by Gasteiger charge is -2.19. The highest BCUT2D eigenvalue weighted by Gasteiger charge is 2.31. The van der Waals surface area contributed by atoms with Gasteiger partial charge in [-0.25, -0.2) is 4.98 Å². The lowest BCUT2D eigenvalue weighted by Crippen LogP contribution is -2.37. The van der Waals surface area contributed by atoms with E-state index >= 15 is 0 Å². The lowest BCUT2D eigenvalue weighted by molar-refractivity contribution is -0.149. The van der Waals surface area contributed by atoms with Crippen molar-refractivity contribution in [1.29, 1.82) is 0 Å². The molecule has 0 aliphatic carbocycles. The van der Waals surface area contributed by atoms with Crippen LogP contribution in [0.2, 0.25) is 5.02 Å². The number of carbonyl (C=O) groups is 2. The van der Waals surface area contributed by atoms with Crippen molar-refractivity contribution in [1.82, 2.24) is 14.9 Å². The molecule has 8 heteroatoms. The first-order valence-corrected chi connectivity index (χ1v) is 9.36. The summed E-state index contributed by atoms with van der Waals surface area (Å²) >= 11 is 6.11. The van der Waals surface area contributed by atoms with Crippen molar-refractivity contribution in [3.63, 3.8) is 0 Å². The van der Waals surface area contributed by atoms with Crippen LogP contribution in [-0.4, -0.2) is 40.0 Å². The minimum absolute atomic E-state index is 0.0834. The second-order valence-electron chi connectivity index (χ2n) is 6.77. The Balaban J connectivity index is 1.72. The van der Waals surface area contributed by atoms with Gasteiger partial charge in [-0.2, -0.15) is 0 Å². The van der Waals surface area contributed by atoms with Gasteiger partial charge in [-0.05, 0) is 37.6 Å². The van der Waals surface area contributed by atoms with E-state index < -0.39 is 0 Å². The molecule has 2 aromatic rings. The third-order valence-electron chi connectivity index (χ3n) is 4.75. The van der Waals surface area contributed by atoms with Crippen molar-refractivity contribution in [2.45, 2.75) is 51.8 Å². The van der Waals surface area contributed by atoms with E-state index in [1.807, 2.05) is 6.92 Å². The molecule has 3 rings (SSSR count). The van der Waals surface area contributed by atoms with Gasteiger partial charge in [0.25, 0.3) is 5.56 Å². The number of carbonyl (C=O) groups excluding carboxylic acids is 2. The molecule has 2 atom stereocenters. The Kier molecular flexibility index (Phi) is 5.92. The van der Waals surface area contributed by atoms with E-state index in [2.05, 4.69) is 10.3 Å². The number of ketones is 1. The van der Waals surface area contributed by atoms with Crippen molar-refractivity contribution in [3.8, 4) is 0 Å². The predicted octanol–water partition coefficient (Wildman–Crippen LogP) is 2.00. The van der Waals surface area contributed by atoms with E-state index in [9.17, 15) is 14.4 Å². The van der Waals surface area contributed by atoms with E-state index in [4.69, 9.17) is 16.3 Å². The molecule has 0 amide bonds. The first-order valence-electron chi connectivity index (χ1n) is 8.99. The third-order valence-corrected chi connectivity index (χ3v) is 5.16. The molecule has 0 spiro atoms.